The number of sulfone groups is 1. The summed E-state index contributed by atoms with van der Waals surface area (Å²) in [6.07, 6.45) is 1.24. The van der Waals surface area contributed by atoms with Crippen LogP contribution < -0.4 is 15.8 Å². The lowest BCUT2D eigenvalue weighted by Crippen LogP contribution is -2.50. The number of nitrogens with one attached hydrogen (secondary N) is 1. The molecule has 8 nitrogen and oxygen atoms in total. The van der Waals surface area contributed by atoms with Crippen LogP contribution in [-0.2, 0) is 21.2 Å². The van der Waals surface area contributed by atoms with E-state index >= 15 is 0 Å². The number of amides is 1. The molecule has 1 amide bonds. The van der Waals surface area contributed by atoms with E-state index in [4.69, 9.17) is 5.21 Å². The maximum absolute atomic E-state index is 14.6. The number of ether oxygens (including phenoxy) is 1. The first-order valence-corrected chi connectivity index (χ1v) is 10.4. The number of pyridine rings is 1. The molecule has 0 aliphatic heterocycles. The third kappa shape index (κ3) is 5.00. The molecule has 2 N–H and O–H groups in total. The van der Waals surface area contributed by atoms with Crippen molar-refractivity contribution in [3.63, 3.8) is 0 Å². The third-order valence-corrected chi connectivity index (χ3v) is 6.72. The number of aryl methyl sites for hydroxylation is 1. The summed E-state index contributed by atoms with van der Waals surface area (Å²) in [5.74, 6) is -2.14. The summed E-state index contributed by atoms with van der Waals surface area (Å²) in [5, 5.41) is 8.82. The van der Waals surface area contributed by atoms with Crippen LogP contribution >= 0.6 is 0 Å². The molecule has 0 saturated carbocycles. The number of halogens is 3. The average Bonchev–Trinajstić information content (AvgIpc) is 2.66. The standard InChI is InChI=1S/C18H19F3N2O6S/c1-18(16(25)22-26,30(2,27)28)7-8-23-10-14(19)13(9-15(23)24)11-3-5-12(6-4-11)29-17(20)21/h3-6,9-10,17,26H,7-8H2,1-2H3,(H,22,25)/t18-/m1/s1. The van der Waals surface area contributed by atoms with Crippen molar-refractivity contribution in [1.29, 1.82) is 0 Å². The number of carbonyl (C=O) groups excluding carboxylic acids is 1. The number of nitrogens with zero attached hydrogens (tertiary/aromatic N) is 1. The quantitative estimate of drug-likeness (QED) is 0.471. The minimum atomic E-state index is -3.98. The summed E-state index contributed by atoms with van der Waals surface area (Å²) in [7, 11) is -3.98. The monoisotopic (exact) mass is 448 g/mol. The number of aromatic nitrogens is 1. The van der Waals surface area contributed by atoms with Crippen LogP contribution in [0.4, 0.5) is 13.2 Å². The Kier molecular flexibility index (Phi) is 6.93. The Morgan fingerprint density at radius 1 is 1.30 bits per heavy atom. The molecule has 2 aromatic rings. The molecular formula is C18H19F3N2O6S. The van der Waals surface area contributed by atoms with Crippen LogP contribution in [0.3, 0.4) is 0 Å². The zero-order chi connectivity index (χ0) is 22.7. The third-order valence-electron chi connectivity index (χ3n) is 4.70. The summed E-state index contributed by atoms with van der Waals surface area (Å²) in [6, 6.07) is 5.94. The number of alkyl halides is 2. The molecular weight excluding hydrogens is 429 g/mol. The fourth-order valence-electron chi connectivity index (χ4n) is 2.68. The molecule has 30 heavy (non-hydrogen) atoms. The van der Waals surface area contributed by atoms with Crippen LogP contribution in [0, 0.1) is 5.82 Å². The van der Waals surface area contributed by atoms with Gasteiger partial charge in [-0.2, -0.15) is 8.78 Å². The maximum atomic E-state index is 14.6. The van der Waals surface area contributed by atoms with E-state index in [1.807, 2.05) is 0 Å². The summed E-state index contributed by atoms with van der Waals surface area (Å²) in [6.45, 7) is -2.26. The second-order valence-corrected chi connectivity index (χ2v) is 9.11. The van der Waals surface area contributed by atoms with Gasteiger partial charge >= 0.3 is 6.61 Å². The molecule has 0 fully saturated rings. The first-order valence-electron chi connectivity index (χ1n) is 8.48. The van der Waals surface area contributed by atoms with E-state index in [9.17, 15) is 31.2 Å². The van der Waals surface area contributed by atoms with Crippen LogP contribution in [-0.4, -0.2) is 41.7 Å². The van der Waals surface area contributed by atoms with Gasteiger partial charge in [0.05, 0.1) is 0 Å². The normalized spacial score (nSPS) is 13.7. The molecule has 1 heterocycles. The van der Waals surface area contributed by atoms with Crippen molar-refractivity contribution < 1.29 is 36.3 Å². The highest BCUT2D eigenvalue weighted by Gasteiger charge is 2.43. The van der Waals surface area contributed by atoms with Crippen molar-refractivity contribution in [2.24, 2.45) is 0 Å². The zero-order valence-electron chi connectivity index (χ0n) is 15.9. The second-order valence-electron chi connectivity index (χ2n) is 6.66. The lowest BCUT2D eigenvalue weighted by molar-refractivity contribution is -0.131. The van der Waals surface area contributed by atoms with E-state index < -0.39 is 44.9 Å². The SMILES string of the molecule is C[C@@](CCn1cc(F)c(-c2ccc(OC(F)F)cc2)cc1=O)(C(=O)NO)S(C)(=O)=O. The van der Waals surface area contributed by atoms with Crippen molar-refractivity contribution in [1.82, 2.24) is 10.0 Å². The molecule has 0 spiro atoms. The molecule has 0 radical (unpaired) electrons. The van der Waals surface area contributed by atoms with Crippen molar-refractivity contribution >= 4 is 15.7 Å². The van der Waals surface area contributed by atoms with Gasteiger partial charge in [-0.15, -0.1) is 0 Å². The highest BCUT2D eigenvalue weighted by molar-refractivity contribution is 7.92. The van der Waals surface area contributed by atoms with Gasteiger partial charge in [-0.25, -0.2) is 18.3 Å². The highest BCUT2D eigenvalue weighted by atomic mass is 32.2. The Bertz CT molecular complexity index is 1090. The van der Waals surface area contributed by atoms with E-state index in [0.29, 0.717) is 0 Å². The Hall–Kier alpha value is -2.86. The van der Waals surface area contributed by atoms with Gasteiger partial charge < -0.3 is 9.30 Å². The zero-order valence-corrected chi connectivity index (χ0v) is 16.7. The summed E-state index contributed by atoms with van der Waals surface area (Å²) >= 11 is 0. The molecule has 12 heteroatoms. The van der Waals surface area contributed by atoms with Gasteiger partial charge in [0.25, 0.3) is 11.5 Å². The minimum absolute atomic E-state index is 0.0983. The van der Waals surface area contributed by atoms with E-state index in [-0.39, 0.29) is 23.4 Å². The lowest BCUT2D eigenvalue weighted by atomic mass is 10.1. The summed E-state index contributed by atoms with van der Waals surface area (Å²) in [5.41, 5.74) is 0.740. The number of hydrogen-bond donors (Lipinski definition) is 2. The topological polar surface area (TPSA) is 115 Å². The van der Waals surface area contributed by atoms with Crippen LogP contribution in [0.2, 0.25) is 0 Å². The summed E-state index contributed by atoms with van der Waals surface area (Å²) < 4.78 is 66.0. The number of rotatable bonds is 8. The number of hydroxylamine groups is 1. The Balaban J connectivity index is 2.30. The predicted octanol–water partition coefficient (Wildman–Crippen LogP) is 1.95. The van der Waals surface area contributed by atoms with Crippen LogP contribution in [0.1, 0.15) is 13.3 Å². The molecule has 164 valence electrons. The van der Waals surface area contributed by atoms with Gasteiger partial charge in [0, 0.05) is 30.6 Å². The first kappa shape index (κ1) is 23.4. The van der Waals surface area contributed by atoms with Crippen LogP contribution in [0.15, 0.2) is 41.3 Å². The van der Waals surface area contributed by atoms with Gasteiger partial charge in [0.1, 0.15) is 11.6 Å². The predicted molar refractivity (Wildman–Crippen MR) is 101 cm³/mol. The minimum Gasteiger partial charge on any atom is -0.435 e. The molecule has 2 rings (SSSR count). The lowest BCUT2D eigenvalue weighted by Gasteiger charge is -2.25. The number of hydrogen-bond acceptors (Lipinski definition) is 6. The van der Waals surface area contributed by atoms with Crippen LogP contribution in [0.25, 0.3) is 11.1 Å². The molecule has 0 bridgehead atoms. The maximum Gasteiger partial charge on any atom is 0.387 e. The van der Waals surface area contributed by atoms with Crippen molar-refractivity contribution in [2.75, 3.05) is 6.26 Å². The largest absolute Gasteiger partial charge is 0.435 e. The van der Waals surface area contributed by atoms with Crippen molar-refractivity contribution in [3.05, 3.63) is 52.7 Å². The van der Waals surface area contributed by atoms with Crippen LogP contribution in [0.5, 0.6) is 5.75 Å². The Labute approximate surface area is 169 Å². The molecule has 0 aliphatic carbocycles. The van der Waals surface area contributed by atoms with Crippen molar-refractivity contribution in [2.45, 2.75) is 31.2 Å². The fraction of sp³-hybridized carbons (Fsp3) is 0.333. The summed E-state index contributed by atoms with van der Waals surface area (Å²) in [4.78, 5) is 24.2. The molecule has 0 saturated heterocycles. The average molecular weight is 448 g/mol. The van der Waals surface area contributed by atoms with E-state index in [1.54, 1.807) is 0 Å². The molecule has 0 unspecified atom stereocenters. The fourth-order valence-corrected chi connectivity index (χ4v) is 3.52. The van der Waals surface area contributed by atoms with Gasteiger partial charge in [-0.3, -0.25) is 14.8 Å². The van der Waals surface area contributed by atoms with E-state index in [2.05, 4.69) is 4.74 Å². The first-order chi connectivity index (χ1) is 13.9. The molecule has 1 atom stereocenters. The molecule has 0 aliphatic rings. The van der Waals surface area contributed by atoms with E-state index in [0.717, 1.165) is 30.0 Å². The van der Waals surface area contributed by atoms with Gasteiger partial charge in [-0.05, 0) is 31.0 Å². The van der Waals surface area contributed by atoms with Crippen molar-refractivity contribution in [3.8, 4) is 16.9 Å². The smallest absolute Gasteiger partial charge is 0.387 e. The Morgan fingerprint density at radius 2 is 1.90 bits per heavy atom. The molecule has 1 aromatic heterocycles. The highest BCUT2D eigenvalue weighted by Crippen LogP contribution is 2.25. The Morgan fingerprint density at radius 3 is 2.40 bits per heavy atom. The van der Waals surface area contributed by atoms with Gasteiger partial charge in [0.2, 0.25) is 0 Å². The van der Waals surface area contributed by atoms with Gasteiger partial charge in [0.15, 0.2) is 14.6 Å². The van der Waals surface area contributed by atoms with E-state index in [1.165, 1.54) is 29.7 Å². The second kappa shape index (κ2) is 8.88. The van der Waals surface area contributed by atoms with Gasteiger partial charge in [-0.1, -0.05) is 12.1 Å². The number of carbonyl (C=O) groups is 1. The number of benzene rings is 1. The molecule has 1 aromatic carbocycles.